The predicted octanol–water partition coefficient (Wildman–Crippen LogP) is 2.75. The number of carboxylic acid groups (broad SMARTS) is 1. The molecule has 1 saturated heterocycles. The number of unbranched alkanes of at least 4 members (excludes halogenated alkanes) is 1. The second-order valence-electron chi connectivity index (χ2n) is 6.45. The first-order valence-corrected chi connectivity index (χ1v) is 9.19. The highest BCUT2D eigenvalue weighted by Crippen LogP contribution is 2.27. The Hall–Kier alpha value is -1.92. The van der Waals surface area contributed by atoms with Crippen LogP contribution in [-0.2, 0) is 14.3 Å². The third kappa shape index (κ3) is 8.97. The molecule has 26 heavy (non-hydrogen) atoms. The number of ether oxygens (including phenoxy) is 1. The number of hydrogen-bond acceptors (Lipinski definition) is 5. The number of aliphatic hydroxyl groups is 2. The van der Waals surface area contributed by atoms with Gasteiger partial charge in [0.2, 0.25) is 0 Å². The summed E-state index contributed by atoms with van der Waals surface area (Å²) in [6.07, 6.45) is 12.1. The Bertz CT molecular complexity index is 522. The highest BCUT2D eigenvalue weighted by molar-refractivity contribution is 5.71. The second kappa shape index (κ2) is 12.4. The van der Waals surface area contributed by atoms with Crippen LogP contribution in [0.3, 0.4) is 0 Å². The van der Waals surface area contributed by atoms with Crippen LogP contribution in [0.4, 0.5) is 0 Å². The van der Waals surface area contributed by atoms with Gasteiger partial charge in [0.15, 0.2) is 0 Å². The number of cyclic esters (lactones) is 1. The SMILES string of the molecule is CC/C=C/C[C@@H](O)/C=C/[C@H]1OC(=O)C[C@H](O)[C@@H]1C/C=C/CCCC(=O)O. The quantitative estimate of drug-likeness (QED) is 0.295. The minimum Gasteiger partial charge on any atom is -0.481 e. The zero-order valence-electron chi connectivity index (χ0n) is 15.3. The van der Waals surface area contributed by atoms with Crippen LogP contribution in [0.2, 0.25) is 0 Å². The van der Waals surface area contributed by atoms with Crippen molar-refractivity contribution in [3.8, 4) is 0 Å². The molecule has 0 amide bonds. The fourth-order valence-electron chi connectivity index (χ4n) is 2.76. The van der Waals surface area contributed by atoms with Gasteiger partial charge in [0.1, 0.15) is 6.10 Å². The maximum absolute atomic E-state index is 11.6. The second-order valence-corrected chi connectivity index (χ2v) is 6.45. The molecule has 0 aromatic heterocycles. The third-order valence-corrected chi connectivity index (χ3v) is 4.20. The van der Waals surface area contributed by atoms with Crippen molar-refractivity contribution in [3.05, 3.63) is 36.5 Å². The van der Waals surface area contributed by atoms with Crippen molar-refractivity contribution >= 4 is 11.9 Å². The minimum atomic E-state index is -0.814. The fourth-order valence-corrected chi connectivity index (χ4v) is 2.76. The topological polar surface area (TPSA) is 104 Å². The van der Waals surface area contributed by atoms with Crippen LogP contribution in [0, 0.1) is 5.92 Å². The van der Waals surface area contributed by atoms with Gasteiger partial charge in [-0.2, -0.15) is 0 Å². The average Bonchev–Trinajstić information content (AvgIpc) is 2.57. The van der Waals surface area contributed by atoms with E-state index in [0.717, 1.165) is 6.42 Å². The Morgan fingerprint density at radius 3 is 2.77 bits per heavy atom. The molecule has 0 radical (unpaired) electrons. The largest absolute Gasteiger partial charge is 0.481 e. The molecule has 0 aromatic rings. The number of esters is 1. The van der Waals surface area contributed by atoms with Crippen LogP contribution in [-0.4, -0.2) is 45.6 Å². The Morgan fingerprint density at radius 1 is 1.31 bits per heavy atom. The number of allylic oxidation sites excluding steroid dienone is 3. The summed E-state index contributed by atoms with van der Waals surface area (Å²) in [5.41, 5.74) is 0. The van der Waals surface area contributed by atoms with E-state index in [4.69, 9.17) is 9.84 Å². The maximum Gasteiger partial charge on any atom is 0.309 e. The first-order chi connectivity index (χ1) is 12.4. The first-order valence-electron chi connectivity index (χ1n) is 9.19. The van der Waals surface area contributed by atoms with E-state index in [2.05, 4.69) is 0 Å². The number of hydrogen-bond donors (Lipinski definition) is 3. The number of carboxylic acids is 1. The van der Waals surface area contributed by atoms with Gasteiger partial charge in [-0.15, -0.1) is 0 Å². The van der Waals surface area contributed by atoms with Crippen molar-refractivity contribution in [2.24, 2.45) is 5.92 Å². The Kier molecular flexibility index (Phi) is 10.6. The van der Waals surface area contributed by atoms with E-state index >= 15 is 0 Å². The number of rotatable bonds is 11. The molecule has 6 heteroatoms. The number of carbonyl (C=O) groups excluding carboxylic acids is 1. The Labute approximate surface area is 154 Å². The molecule has 3 N–H and O–H groups in total. The molecule has 1 fully saturated rings. The van der Waals surface area contributed by atoms with Crippen molar-refractivity contribution in [2.75, 3.05) is 0 Å². The summed E-state index contributed by atoms with van der Waals surface area (Å²) < 4.78 is 5.33. The lowest BCUT2D eigenvalue weighted by molar-refractivity contribution is -0.163. The number of aliphatic carboxylic acids is 1. The predicted molar refractivity (Wildman–Crippen MR) is 98.4 cm³/mol. The van der Waals surface area contributed by atoms with E-state index < -0.39 is 30.3 Å². The smallest absolute Gasteiger partial charge is 0.309 e. The van der Waals surface area contributed by atoms with Crippen molar-refractivity contribution < 1.29 is 29.6 Å². The molecular formula is C20H30O6. The summed E-state index contributed by atoms with van der Waals surface area (Å²) in [7, 11) is 0. The summed E-state index contributed by atoms with van der Waals surface area (Å²) in [6.45, 7) is 2.02. The van der Waals surface area contributed by atoms with E-state index in [1.54, 1.807) is 12.2 Å². The Balaban J connectivity index is 2.58. The zero-order valence-corrected chi connectivity index (χ0v) is 15.3. The lowest BCUT2D eigenvalue weighted by Gasteiger charge is -2.32. The van der Waals surface area contributed by atoms with Gasteiger partial charge >= 0.3 is 11.9 Å². The van der Waals surface area contributed by atoms with Crippen molar-refractivity contribution in [3.63, 3.8) is 0 Å². The summed E-state index contributed by atoms with van der Waals surface area (Å²) in [6, 6.07) is 0. The van der Waals surface area contributed by atoms with E-state index in [0.29, 0.717) is 25.7 Å². The van der Waals surface area contributed by atoms with Crippen LogP contribution in [0.25, 0.3) is 0 Å². The van der Waals surface area contributed by atoms with Crippen LogP contribution in [0.1, 0.15) is 51.9 Å². The molecular weight excluding hydrogens is 336 g/mol. The van der Waals surface area contributed by atoms with Gasteiger partial charge in [-0.3, -0.25) is 9.59 Å². The first kappa shape index (κ1) is 22.1. The molecule has 0 spiro atoms. The minimum absolute atomic E-state index is 0.0380. The zero-order chi connectivity index (χ0) is 19.4. The van der Waals surface area contributed by atoms with Gasteiger partial charge in [0.05, 0.1) is 18.6 Å². The van der Waals surface area contributed by atoms with Crippen LogP contribution >= 0.6 is 0 Å². The molecule has 1 aliphatic heterocycles. The van der Waals surface area contributed by atoms with Crippen LogP contribution in [0.15, 0.2) is 36.5 Å². The van der Waals surface area contributed by atoms with Crippen LogP contribution < -0.4 is 0 Å². The number of aliphatic hydroxyl groups excluding tert-OH is 2. The molecule has 0 bridgehead atoms. The summed E-state index contributed by atoms with van der Waals surface area (Å²) in [5.74, 6) is -1.54. The molecule has 0 aromatic carbocycles. The van der Waals surface area contributed by atoms with Gasteiger partial charge in [0.25, 0.3) is 0 Å². The molecule has 4 atom stereocenters. The molecule has 1 aliphatic rings. The van der Waals surface area contributed by atoms with Crippen molar-refractivity contribution in [1.29, 1.82) is 0 Å². The highest BCUT2D eigenvalue weighted by Gasteiger charge is 2.35. The molecule has 0 unspecified atom stereocenters. The molecule has 1 rings (SSSR count). The van der Waals surface area contributed by atoms with Gasteiger partial charge in [0, 0.05) is 12.3 Å². The van der Waals surface area contributed by atoms with Gasteiger partial charge in [-0.25, -0.2) is 0 Å². The summed E-state index contributed by atoms with van der Waals surface area (Å²) >= 11 is 0. The molecule has 1 heterocycles. The average molecular weight is 366 g/mol. The van der Waals surface area contributed by atoms with E-state index in [1.807, 2.05) is 31.2 Å². The van der Waals surface area contributed by atoms with E-state index in [1.165, 1.54) is 0 Å². The molecule has 146 valence electrons. The van der Waals surface area contributed by atoms with Crippen molar-refractivity contribution in [2.45, 2.75) is 70.2 Å². The number of carbonyl (C=O) groups is 2. The van der Waals surface area contributed by atoms with E-state index in [-0.39, 0.29) is 18.8 Å². The lowest BCUT2D eigenvalue weighted by Crippen LogP contribution is -2.41. The van der Waals surface area contributed by atoms with E-state index in [9.17, 15) is 19.8 Å². The Morgan fingerprint density at radius 2 is 2.08 bits per heavy atom. The summed E-state index contributed by atoms with van der Waals surface area (Å²) in [4.78, 5) is 22.1. The van der Waals surface area contributed by atoms with Gasteiger partial charge < -0.3 is 20.1 Å². The summed E-state index contributed by atoms with van der Waals surface area (Å²) in [5, 5.41) is 28.7. The fraction of sp³-hybridized carbons (Fsp3) is 0.600. The maximum atomic E-state index is 11.6. The molecule has 0 saturated carbocycles. The third-order valence-electron chi connectivity index (χ3n) is 4.20. The molecule has 6 nitrogen and oxygen atoms in total. The van der Waals surface area contributed by atoms with Crippen LogP contribution in [0.5, 0.6) is 0 Å². The highest BCUT2D eigenvalue weighted by atomic mass is 16.5. The molecule has 0 aliphatic carbocycles. The monoisotopic (exact) mass is 366 g/mol. The van der Waals surface area contributed by atoms with Gasteiger partial charge in [-0.1, -0.05) is 37.3 Å². The normalized spacial score (nSPS) is 25.2. The lowest BCUT2D eigenvalue weighted by atomic mass is 9.87. The van der Waals surface area contributed by atoms with Gasteiger partial charge in [-0.05, 0) is 38.2 Å². The standard InChI is InChI=1S/C20H30O6/c1-2-3-6-9-15(21)12-13-18-16(17(22)14-20(25)26-18)10-7-4-5-8-11-19(23)24/h3-4,6-7,12-13,15-18,21-22H,2,5,8-11,14H2,1H3,(H,23,24)/b6-3+,7-4+,13-12+/t15-,16+,17+,18-/m1/s1. The van der Waals surface area contributed by atoms with Crippen molar-refractivity contribution in [1.82, 2.24) is 0 Å².